The van der Waals surface area contributed by atoms with E-state index in [9.17, 15) is 4.79 Å². The molecule has 0 aliphatic heterocycles. The molecular formula is C16H16N4O2. The first-order chi connectivity index (χ1) is 10.7. The van der Waals surface area contributed by atoms with Gasteiger partial charge in [0.05, 0.1) is 0 Å². The standard InChI is InChI=1S/C16H16N4O2/c17-15(21)10-22-13-3-1-2-12(8-13)20-9-11-4-6-18-16-14(11)5-7-19-16/h1-8,20H,9-10H2,(H2,17,21)(H,18,19). The number of carbonyl (C=O) groups excluding carboxylic acids is 1. The molecule has 1 amide bonds. The number of hydrogen-bond acceptors (Lipinski definition) is 4. The van der Waals surface area contributed by atoms with Crippen LogP contribution in [0.1, 0.15) is 5.56 Å². The van der Waals surface area contributed by atoms with Gasteiger partial charge in [0, 0.05) is 36.1 Å². The van der Waals surface area contributed by atoms with Crippen LogP contribution in [0.15, 0.2) is 48.8 Å². The van der Waals surface area contributed by atoms with Gasteiger partial charge in [-0.15, -0.1) is 0 Å². The first-order valence-corrected chi connectivity index (χ1v) is 6.88. The molecule has 0 bridgehead atoms. The second-order valence-electron chi connectivity index (χ2n) is 4.85. The molecule has 0 saturated carbocycles. The lowest BCUT2D eigenvalue weighted by molar-refractivity contribution is -0.119. The monoisotopic (exact) mass is 296 g/mol. The van der Waals surface area contributed by atoms with Crippen molar-refractivity contribution in [2.45, 2.75) is 6.54 Å². The molecule has 22 heavy (non-hydrogen) atoms. The van der Waals surface area contributed by atoms with Gasteiger partial charge in [-0.3, -0.25) is 4.79 Å². The summed E-state index contributed by atoms with van der Waals surface area (Å²) in [5.74, 6) is 0.107. The second-order valence-corrected chi connectivity index (χ2v) is 4.85. The van der Waals surface area contributed by atoms with Crippen molar-refractivity contribution in [3.05, 3.63) is 54.4 Å². The maximum absolute atomic E-state index is 10.7. The van der Waals surface area contributed by atoms with Crippen LogP contribution in [0.3, 0.4) is 0 Å². The van der Waals surface area contributed by atoms with Gasteiger partial charge in [0.1, 0.15) is 11.4 Å². The number of fused-ring (bicyclic) bond motifs is 1. The third-order valence-corrected chi connectivity index (χ3v) is 3.25. The van der Waals surface area contributed by atoms with Crippen molar-refractivity contribution in [1.82, 2.24) is 9.97 Å². The quantitative estimate of drug-likeness (QED) is 0.649. The van der Waals surface area contributed by atoms with Gasteiger partial charge < -0.3 is 20.8 Å². The van der Waals surface area contributed by atoms with E-state index in [4.69, 9.17) is 10.5 Å². The van der Waals surface area contributed by atoms with Crippen LogP contribution in [0, 0.1) is 0 Å². The van der Waals surface area contributed by atoms with Crippen LogP contribution in [0.2, 0.25) is 0 Å². The van der Waals surface area contributed by atoms with Crippen molar-refractivity contribution in [2.24, 2.45) is 5.73 Å². The third kappa shape index (κ3) is 3.17. The molecule has 0 radical (unpaired) electrons. The van der Waals surface area contributed by atoms with E-state index in [2.05, 4.69) is 15.3 Å². The zero-order chi connectivity index (χ0) is 15.4. The van der Waals surface area contributed by atoms with Gasteiger partial charge in [0.25, 0.3) is 5.91 Å². The summed E-state index contributed by atoms with van der Waals surface area (Å²) in [5, 5.41) is 4.43. The van der Waals surface area contributed by atoms with Crippen LogP contribution < -0.4 is 15.8 Å². The molecule has 1 aromatic carbocycles. The molecule has 0 atom stereocenters. The van der Waals surface area contributed by atoms with Crippen molar-refractivity contribution in [1.29, 1.82) is 0 Å². The number of carbonyl (C=O) groups is 1. The lowest BCUT2D eigenvalue weighted by atomic mass is 10.2. The van der Waals surface area contributed by atoms with E-state index in [1.807, 2.05) is 36.5 Å². The molecule has 4 N–H and O–H groups in total. The molecule has 3 rings (SSSR count). The fraction of sp³-hybridized carbons (Fsp3) is 0.125. The number of H-pyrrole nitrogens is 1. The summed E-state index contributed by atoms with van der Waals surface area (Å²) in [4.78, 5) is 18.1. The Bertz CT molecular complexity index is 797. The predicted molar refractivity (Wildman–Crippen MR) is 84.6 cm³/mol. The zero-order valence-electron chi connectivity index (χ0n) is 11.9. The number of aromatic amines is 1. The van der Waals surface area contributed by atoms with Crippen LogP contribution in [0.5, 0.6) is 5.75 Å². The average Bonchev–Trinajstić information content (AvgIpc) is 3.00. The Labute approximate surface area is 127 Å². The highest BCUT2D eigenvalue weighted by Gasteiger charge is 2.03. The van der Waals surface area contributed by atoms with Gasteiger partial charge in [-0.05, 0) is 29.8 Å². The number of anilines is 1. The summed E-state index contributed by atoms with van der Waals surface area (Å²) in [5.41, 5.74) is 7.99. The molecule has 3 aromatic rings. The third-order valence-electron chi connectivity index (χ3n) is 3.25. The van der Waals surface area contributed by atoms with Gasteiger partial charge >= 0.3 is 0 Å². The fourth-order valence-electron chi connectivity index (χ4n) is 2.22. The van der Waals surface area contributed by atoms with E-state index in [0.29, 0.717) is 12.3 Å². The maximum Gasteiger partial charge on any atom is 0.255 e. The van der Waals surface area contributed by atoms with Gasteiger partial charge in [0.15, 0.2) is 6.61 Å². The van der Waals surface area contributed by atoms with Crippen LogP contribution in [-0.2, 0) is 11.3 Å². The minimum atomic E-state index is -0.495. The minimum absolute atomic E-state index is 0.127. The number of benzene rings is 1. The average molecular weight is 296 g/mol. The highest BCUT2D eigenvalue weighted by atomic mass is 16.5. The number of primary amides is 1. The predicted octanol–water partition coefficient (Wildman–Crippen LogP) is 2.04. The normalized spacial score (nSPS) is 10.5. The Balaban J connectivity index is 1.70. The second kappa shape index (κ2) is 6.17. The number of nitrogens with zero attached hydrogens (tertiary/aromatic N) is 1. The van der Waals surface area contributed by atoms with Crippen molar-refractivity contribution in [3.63, 3.8) is 0 Å². The van der Waals surface area contributed by atoms with Gasteiger partial charge in [-0.1, -0.05) is 6.07 Å². The number of nitrogens with two attached hydrogens (primary N) is 1. The summed E-state index contributed by atoms with van der Waals surface area (Å²) in [7, 11) is 0. The molecule has 0 aliphatic carbocycles. The first-order valence-electron chi connectivity index (χ1n) is 6.88. The molecule has 6 nitrogen and oxygen atoms in total. The molecule has 0 spiro atoms. The van der Waals surface area contributed by atoms with E-state index in [-0.39, 0.29) is 6.61 Å². The van der Waals surface area contributed by atoms with E-state index >= 15 is 0 Å². The highest BCUT2D eigenvalue weighted by Crippen LogP contribution is 2.20. The zero-order valence-corrected chi connectivity index (χ0v) is 11.9. The fourth-order valence-corrected chi connectivity index (χ4v) is 2.22. The summed E-state index contributed by atoms with van der Waals surface area (Å²) in [6.07, 6.45) is 3.65. The summed E-state index contributed by atoms with van der Waals surface area (Å²) in [6, 6.07) is 11.4. The lowest BCUT2D eigenvalue weighted by Crippen LogP contribution is -2.20. The number of pyridine rings is 1. The lowest BCUT2D eigenvalue weighted by Gasteiger charge is -2.09. The van der Waals surface area contributed by atoms with E-state index < -0.39 is 5.91 Å². The molecule has 2 aromatic heterocycles. The molecular weight excluding hydrogens is 280 g/mol. The number of hydrogen-bond donors (Lipinski definition) is 3. The number of ether oxygens (including phenoxy) is 1. The number of rotatable bonds is 6. The molecule has 0 aliphatic rings. The van der Waals surface area contributed by atoms with Crippen LogP contribution in [0.4, 0.5) is 5.69 Å². The molecule has 0 unspecified atom stereocenters. The Hall–Kier alpha value is -3.02. The molecule has 112 valence electrons. The molecule has 6 heteroatoms. The largest absolute Gasteiger partial charge is 0.484 e. The maximum atomic E-state index is 10.7. The molecule has 0 saturated heterocycles. The Morgan fingerprint density at radius 2 is 2.23 bits per heavy atom. The van der Waals surface area contributed by atoms with E-state index in [0.717, 1.165) is 22.3 Å². The molecule has 0 fully saturated rings. The SMILES string of the molecule is NC(=O)COc1cccc(NCc2ccnc3[nH]ccc23)c1. The Morgan fingerprint density at radius 3 is 3.09 bits per heavy atom. The van der Waals surface area contributed by atoms with Crippen LogP contribution in [-0.4, -0.2) is 22.5 Å². The summed E-state index contributed by atoms with van der Waals surface area (Å²) in [6.45, 7) is 0.536. The smallest absolute Gasteiger partial charge is 0.255 e. The highest BCUT2D eigenvalue weighted by molar-refractivity contribution is 5.79. The molecule has 2 heterocycles. The van der Waals surface area contributed by atoms with Crippen molar-refractivity contribution in [3.8, 4) is 5.75 Å². The van der Waals surface area contributed by atoms with Crippen molar-refractivity contribution in [2.75, 3.05) is 11.9 Å². The first kappa shape index (κ1) is 13.9. The Morgan fingerprint density at radius 1 is 1.32 bits per heavy atom. The summed E-state index contributed by atoms with van der Waals surface area (Å²) >= 11 is 0. The number of nitrogens with one attached hydrogen (secondary N) is 2. The van der Waals surface area contributed by atoms with E-state index in [1.54, 1.807) is 12.3 Å². The van der Waals surface area contributed by atoms with Gasteiger partial charge in [-0.2, -0.15) is 0 Å². The van der Waals surface area contributed by atoms with Gasteiger partial charge in [-0.25, -0.2) is 4.98 Å². The van der Waals surface area contributed by atoms with Crippen LogP contribution >= 0.6 is 0 Å². The van der Waals surface area contributed by atoms with Gasteiger partial charge in [0.2, 0.25) is 0 Å². The van der Waals surface area contributed by atoms with Crippen molar-refractivity contribution < 1.29 is 9.53 Å². The minimum Gasteiger partial charge on any atom is -0.484 e. The van der Waals surface area contributed by atoms with Crippen molar-refractivity contribution >= 4 is 22.6 Å². The topological polar surface area (TPSA) is 93.0 Å². The summed E-state index contributed by atoms with van der Waals surface area (Å²) < 4.78 is 5.29. The number of amides is 1. The number of aromatic nitrogens is 2. The van der Waals surface area contributed by atoms with Crippen LogP contribution in [0.25, 0.3) is 11.0 Å². The Kier molecular flexibility index (Phi) is 3.91. The van der Waals surface area contributed by atoms with E-state index in [1.165, 1.54) is 0 Å².